The number of hydrogen-bond donors (Lipinski definition) is 2. The highest BCUT2D eigenvalue weighted by Gasteiger charge is 2.59. The molecule has 2 aromatic carbocycles. The predicted octanol–water partition coefficient (Wildman–Crippen LogP) is 7.94. The molecule has 4 aliphatic carbocycles. The fraction of sp³-hybridized carbons (Fsp3) is 0.632. The van der Waals surface area contributed by atoms with Gasteiger partial charge in [0.15, 0.2) is 0 Å². The van der Waals surface area contributed by atoms with Gasteiger partial charge >= 0.3 is 0 Å². The van der Waals surface area contributed by atoms with Gasteiger partial charge in [-0.05, 0) is 128 Å². The van der Waals surface area contributed by atoms with E-state index < -0.39 is 12.3 Å². The first-order valence-corrected chi connectivity index (χ1v) is 17.2. The van der Waals surface area contributed by atoms with Gasteiger partial charge in [-0.1, -0.05) is 45.1 Å². The smallest absolute Gasteiger partial charge is 0.253 e. The molecule has 7 atom stereocenters. The lowest BCUT2D eigenvalue weighted by Gasteiger charge is -2.54. The number of rotatable bonds is 9. The van der Waals surface area contributed by atoms with Crippen molar-refractivity contribution in [2.24, 2.45) is 29.1 Å². The van der Waals surface area contributed by atoms with Crippen LogP contribution in [0.4, 0.5) is 4.39 Å². The molecular weight excluding hydrogens is 551 g/mol. The molecule has 0 heterocycles. The van der Waals surface area contributed by atoms with Gasteiger partial charge in [0.05, 0.1) is 17.7 Å². The van der Waals surface area contributed by atoms with Crippen molar-refractivity contribution >= 4 is 5.91 Å². The van der Waals surface area contributed by atoms with Crippen LogP contribution in [0.2, 0.25) is 0 Å². The summed E-state index contributed by atoms with van der Waals surface area (Å²) in [5, 5.41) is 30.4. The molecule has 0 aliphatic heterocycles. The highest BCUT2D eigenvalue weighted by atomic mass is 19.1. The summed E-state index contributed by atoms with van der Waals surface area (Å²) >= 11 is 0. The minimum absolute atomic E-state index is 0.0573. The van der Waals surface area contributed by atoms with E-state index in [-0.39, 0.29) is 28.9 Å². The standard InChI is InChI=1S/C38H49FN2O3/c1-38-22-33(39)36-31-16-15-30(42)21-29(31)20-28(35(36)32(38)17-18-34(38)43)10-6-3-7-19-41(24-26-8-4-2-5-9-26)37(44)27-13-11-25(23-40)12-14-27/h11-16,21,26,28,32-36,42-43H,2-10,17-20,22,24H2,1H3/t28-,32+,33+,34+,35+,36+,38+/m1/s1. The molecule has 2 aromatic rings. The third-order valence-corrected chi connectivity index (χ3v) is 12.0. The van der Waals surface area contributed by atoms with Crippen LogP contribution in [0, 0.1) is 40.4 Å². The van der Waals surface area contributed by atoms with Crippen molar-refractivity contribution in [1.82, 2.24) is 4.90 Å². The SMILES string of the molecule is C[C@]12C[C@H](F)[C@@H]3c4ccc(O)cc4C[C@@H](CCCCCN(CC4CCCCC4)C(=O)c4ccc(C#N)cc4)[C@H]3[C@@H]1CC[C@@H]2O. The maximum absolute atomic E-state index is 16.1. The summed E-state index contributed by atoms with van der Waals surface area (Å²) in [6.07, 6.45) is 11.7. The lowest BCUT2D eigenvalue weighted by Crippen LogP contribution is -2.51. The van der Waals surface area contributed by atoms with Crippen molar-refractivity contribution in [2.45, 2.75) is 109 Å². The van der Waals surface area contributed by atoms with Crippen molar-refractivity contribution in [1.29, 1.82) is 5.26 Å². The van der Waals surface area contributed by atoms with Gasteiger partial charge in [-0.2, -0.15) is 5.26 Å². The number of aliphatic hydroxyl groups is 1. The molecule has 5 nitrogen and oxygen atoms in total. The van der Waals surface area contributed by atoms with Crippen LogP contribution in [0.25, 0.3) is 0 Å². The number of amides is 1. The second kappa shape index (κ2) is 13.2. The minimum atomic E-state index is -0.985. The largest absolute Gasteiger partial charge is 0.508 e. The van der Waals surface area contributed by atoms with E-state index in [0.717, 1.165) is 69.2 Å². The van der Waals surface area contributed by atoms with Gasteiger partial charge in [0.1, 0.15) is 11.9 Å². The quantitative estimate of drug-likeness (QED) is 0.286. The number of fused-ring (bicyclic) bond motifs is 5. The van der Waals surface area contributed by atoms with Gasteiger partial charge < -0.3 is 15.1 Å². The van der Waals surface area contributed by atoms with E-state index in [9.17, 15) is 20.3 Å². The lowest BCUT2D eigenvalue weighted by molar-refractivity contribution is -0.0722. The number of alkyl halides is 1. The molecule has 0 spiro atoms. The molecule has 1 amide bonds. The normalized spacial score (nSPS) is 31.4. The Morgan fingerprint density at radius 2 is 1.82 bits per heavy atom. The molecule has 4 aliphatic rings. The zero-order valence-corrected chi connectivity index (χ0v) is 26.3. The highest BCUT2D eigenvalue weighted by molar-refractivity contribution is 5.94. The summed E-state index contributed by atoms with van der Waals surface area (Å²) in [5.41, 5.74) is 3.01. The molecule has 6 rings (SSSR count). The van der Waals surface area contributed by atoms with E-state index >= 15 is 4.39 Å². The van der Waals surface area contributed by atoms with E-state index in [0.29, 0.717) is 35.3 Å². The number of nitriles is 1. The second-order valence-corrected chi connectivity index (χ2v) is 14.7. The van der Waals surface area contributed by atoms with Crippen molar-refractivity contribution < 1.29 is 19.4 Å². The number of aromatic hydroxyl groups is 1. The number of halogens is 1. The first kappa shape index (κ1) is 31.1. The number of carbonyl (C=O) groups is 1. The van der Waals surface area contributed by atoms with Crippen molar-refractivity contribution in [3.63, 3.8) is 0 Å². The summed E-state index contributed by atoms with van der Waals surface area (Å²) in [4.78, 5) is 15.6. The predicted molar refractivity (Wildman–Crippen MR) is 170 cm³/mol. The Kier molecular flexibility index (Phi) is 9.34. The van der Waals surface area contributed by atoms with Gasteiger partial charge in [0.2, 0.25) is 0 Å². The Balaban J connectivity index is 1.12. The average Bonchev–Trinajstić information content (AvgIpc) is 3.33. The van der Waals surface area contributed by atoms with Gasteiger partial charge in [0, 0.05) is 24.6 Å². The Hall–Kier alpha value is -2.91. The molecule has 3 saturated carbocycles. The fourth-order valence-corrected chi connectivity index (χ4v) is 9.75. The molecule has 0 radical (unpaired) electrons. The van der Waals surface area contributed by atoms with Crippen LogP contribution in [-0.2, 0) is 6.42 Å². The number of unbranched alkanes of at least 4 members (excludes halogenated alkanes) is 2. The van der Waals surface area contributed by atoms with Crippen molar-refractivity contribution in [3.8, 4) is 11.8 Å². The molecule has 236 valence electrons. The van der Waals surface area contributed by atoms with E-state index in [2.05, 4.69) is 13.0 Å². The number of carbonyl (C=O) groups excluding carboxylic acids is 1. The van der Waals surface area contributed by atoms with Crippen LogP contribution >= 0.6 is 0 Å². The van der Waals surface area contributed by atoms with Crippen LogP contribution < -0.4 is 0 Å². The van der Waals surface area contributed by atoms with Crippen LogP contribution in [0.5, 0.6) is 5.75 Å². The van der Waals surface area contributed by atoms with Gasteiger partial charge in [-0.3, -0.25) is 4.79 Å². The monoisotopic (exact) mass is 600 g/mol. The summed E-state index contributed by atoms with van der Waals surface area (Å²) < 4.78 is 16.1. The average molecular weight is 601 g/mol. The lowest BCUT2D eigenvalue weighted by atomic mass is 9.51. The topological polar surface area (TPSA) is 84.6 Å². The van der Waals surface area contributed by atoms with Gasteiger partial charge in [-0.25, -0.2) is 4.39 Å². The zero-order valence-electron chi connectivity index (χ0n) is 26.3. The van der Waals surface area contributed by atoms with Crippen LogP contribution in [0.1, 0.15) is 117 Å². The summed E-state index contributed by atoms with van der Waals surface area (Å²) in [6.45, 7) is 3.64. The molecule has 0 unspecified atom stereocenters. The van der Waals surface area contributed by atoms with Crippen molar-refractivity contribution in [3.05, 3.63) is 64.7 Å². The summed E-state index contributed by atoms with van der Waals surface area (Å²) in [7, 11) is 0. The molecule has 3 fully saturated rings. The number of phenolic OH excluding ortho intramolecular Hbond substituents is 1. The molecule has 0 bridgehead atoms. The van der Waals surface area contributed by atoms with E-state index in [4.69, 9.17) is 0 Å². The number of phenols is 1. The van der Waals surface area contributed by atoms with E-state index in [1.165, 1.54) is 32.1 Å². The second-order valence-electron chi connectivity index (χ2n) is 14.7. The highest BCUT2D eigenvalue weighted by Crippen LogP contribution is 2.63. The molecule has 2 N–H and O–H groups in total. The molecule has 6 heteroatoms. The maximum Gasteiger partial charge on any atom is 0.253 e. The fourth-order valence-electron chi connectivity index (χ4n) is 9.75. The van der Waals surface area contributed by atoms with E-state index in [1.807, 2.05) is 17.0 Å². The number of hydrogen-bond acceptors (Lipinski definition) is 4. The molecular formula is C38H49FN2O3. The Morgan fingerprint density at radius 3 is 2.57 bits per heavy atom. The Bertz CT molecular complexity index is 1350. The zero-order chi connectivity index (χ0) is 30.8. The number of benzene rings is 2. The third kappa shape index (κ3) is 6.14. The van der Waals surface area contributed by atoms with Crippen molar-refractivity contribution in [2.75, 3.05) is 13.1 Å². The Morgan fingerprint density at radius 1 is 1.05 bits per heavy atom. The molecule has 0 saturated heterocycles. The van der Waals surface area contributed by atoms with Crippen LogP contribution in [0.3, 0.4) is 0 Å². The summed E-state index contributed by atoms with van der Waals surface area (Å²) in [5.74, 6) is 1.54. The van der Waals surface area contributed by atoms with Crippen LogP contribution in [-0.4, -0.2) is 46.4 Å². The third-order valence-electron chi connectivity index (χ3n) is 12.0. The molecule has 44 heavy (non-hydrogen) atoms. The number of aliphatic hydroxyl groups excluding tert-OH is 1. The van der Waals surface area contributed by atoms with E-state index in [1.54, 1.807) is 30.3 Å². The van der Waals surface area contributed by atoms with Gasteiger partial charge in [0.25, 0.3) is 5.91 Å². The minimum Gasteiger partial charge on any atom is -0.508 e. The molecule has 0 aromatic heterocycles. The number of nitrogens with zero attached hydrogens (tertiary/aromatic N) is 2. The maximum atomic E-state index is 16.1. The van der Waals surface area contributed by atoms with Gasteiger partial charge in [-0.15, -0.1) is 0 Å². The first-order chi connectivity index (χ1) is 21.3. The summed E-state index contributed by atoms with van der Waals surface area (Å²) in [6, 6.07) is 14.6. The first-order valence-electron chi connectivity index (χ1n) is 17.2. The van der Waals surface area contributed by atoms with Crippen LogP contribution in [0.15, 0.2) is 42.5 Å². The Labute approximate surface area is 262 Å².